The lowest BCUT2D eigenvalue weighted by molar-refractivity contribution is 0.424. The van der Waals surface area contributed by atoms with Crippen LogP contribution in [-0.2, 0) is 0 Å². The van der Waals surface area contributed by atoms with E-state index in [-0.39, 0.29) is 12.2 Å². The van der Waals surface area contributed by atoms with E-state index in [2.05, 4.69) is 11.2 Å². The van der Waals surface area contributed by atoms with Gasteiger partial charge in [-0.3, -0.25) is 4.39 Å². The van der Waals surface area contributed by atoms with Gasteiger partial charge in [0.2, 0.25) is 0 Å². The molecule has 0 radical (unpaired) electrons. The van der Waals surface area contributed by atoms with Crippen molar-refractivity contribution < 1.29 is 4.39 Å². The highest BCUT2D eigenvalue weighted by Crippen LogP contribution is 1.97. The van der Waals surface area contributed by atoms with Gasteiger partial charge in [-0.15, -0.1) is 6.42 Å². The Labute approximate surface area is 62.0 Å². The summed E-state index contributed by atoms with van der Waals surface area (Å²) in [6, 6.07) is 0. The standard InChI is InChI=1S/C8H14FN/c1-4-8(2,3)10-7-5-6-9/h1,10H,5-7H2,2-3H3. The Bertz CT molecular complexity index is 124. The van der Waals surface area contributed by atoms with E-state index in [1.165, 1.54) is 0 Å². The summed E-state index contributed by atoms with van der Waals surface area (Å²) >= 11 is 0. The lowest BCUT2D eigenvalue weighted by Crippen LogP contribution is -2.38. The molecule has 0 heterocycles. The molecule has 0 unspecified atom stereocenters. The highest BCUT2D eigenvalue weighted by atomic mass is 19.1. The van der Waals surface area contributed by atoms with Crippen molar-refractivity contribution >= 4 is 0 Å². The highest BCUT2D eigenvalue weighted by molar-refractivity contribution is 5.07. The van der Waals surface area contributed by atoms with Crippen molar-refractivity contribution in [1.82, 2.24) is 5.32 Å². The zero-order valence-electron chi connectivity index (χ0n) is 6.58. The van der Waals surface area contributed by atoms with Crippen LogP contribution < -0.4 is 5.32 Å². The molecule has 0 saturated carbocycles. The molecule has 0 aromatic heterocycles. The maximum absolute atomic E-state index is 11.6. The Morgan fingerprint density at radius 1 is 1.60 bits per heavy atom. The third-order valence-electron chi connectivity index (χ3n) is 1.24. The van der Waals surface area contributed by atoms with Gasteiger partial charge in [0, 0.05) is 0 Å². The first-order valence-electron chi connectivity index (χ1n) is 3.41. The van der Waals surface area contributed by atoms with Gasteiger partial charge in [-0.25, -0.2) is 0 Å². The molecule has 0 amide bonds. The van der Waals surface area contributed by atoms with Gasteiger partial charge >= 0.3 is 0 Å². The first kappa shape index (κ1) is 9.45. The number of nitrogens with one attached hydrogen (secondary N) is 1. The first-order valence-corrected chi connectivity index (χ1v) is 3.41. The number of hydrogen-bond donors (Lipinski definition) is 1. The minimum Gasteiger partial charge on any atom is -0.302 e. The fourth-order valence-electron chi connectivity index (χ4n) is 0.519. The highest BCUT2D eigenvalue weighted by Gasteiger charge is 2.10. The van der Waals surface area contributed by atoms with Crippen LogP contribution in [0.1, 0.15) is 20.3 Å². The zero-order chi connectivity index (χ0) is 8.04. The van der Waals surface area contributed by atoms with Crippen LogP contribution in [0.3, 0.4) is 0 Å². The summed E-state index contributed by atoms with van der Waals surface area (Å²) in [6.07, 6.45) is 5.72. The molecular formula is C8H14FN. The lowest BCUT2D eigenvalue weighted by Gasteiger charge is -2.18. The lowest BCUT2D eigenvalue weighted by atomic mass is 10.1. The normalized spacial score (nSPS) is 11.0. The average Bonchev–Trinajstić information content (AvgIpc) is 1.89. The molecule has 0 fully saturated rings. The van der Waals surface area contributed by atoms with Crippen molar-refractivity contribution in [2.75, 3.05) is 13.2 Å². The van der Waals surface area contributed by atoms with Gasteiger partial charge < -0.3 is 5.32 Å². The molecule has 0 aliphatic carbocycles. The Morgan fingerprint density at radius 3 is 2.60 bits per heavy atom. The van der Waals surface area contributed by atoms with E-state index in [1.54, 1.807) is 0 Å². The molecule has 10 heavy (non-hydrogen) atoms. The summed E-state index contributed by atoms with van der Waals surface area (Å²) in [5, 5.41) is 3.03. The molecule has 0 saturated heterocycles. The number of hydrogen-bond acceptors (Lipinski definition) is 1. The number of terminal acetylenes is 1. The molecular weight excluding hydrogens is 129 g/mol. The Morgan fingerprint density at radius 2 is 2.20 bits per heavy atom. The van der Waals surface area contributed by atoms with Crippen LogP contribution in [-0.4, -0.2) is 18.8 Å². The molecule has 2 heteroatoms. The fourth-order valence-corrected chi connectivity index (χ4v) is 0.519. The molecule has 0 aliphatic rings. The third kappa shape index (κ3) is 4.34. The van der Waals surface area contributed by atoms with Gasteiger partial charge in [0.25, 0.3) is 0 Å². The van der Waals surface area contributed by atoms with Crippen LogP contribution in [0, 0.1) is 12.3 Å². The summed E-state index contributed by atoms with van der Waals surface area (Å²) in [6.45, 7) is 4.15. The summed E-state index contributed by atoms with van der Waals surface area (Å²) in [7, 11) is 0. The first-order chi connectivity index (χ1) is 4.62. The summed E-state index contributed by atoms with van der Waals surface area (Å²) < 4.78 is 11.6. The summed E-state index contributed by atoms with van der Waals surface area (Å²) in [4.78, 5) is 0. The van der Waals surface area contributed by atoms with Crippen molar-refractivity contribution in [3.63, 3.8) is 0 Å². The predicted octanol–water partition coefficient (Wildman–Crippen LogP) is 1.35. The van der Waals surface area contributed by atoms with Crippen LogP contribution in [0.2, 0.25) is 0 Å². The van der Waals surface area contributed by atoms with E-state index in [1.807, 2.05) is 13.8 Å². The van der Waals surface area contributed by atoms with E-state index in [9.17, 15) is 4.39 Å². The largest absolute Gasteiger partial charge is 0.302 e. The maximum Gasteiger partial charge on any atom is 0.0906 e. The van der Waals surface area contributed by atoms with Crippen LogP contribution in [0.25, 0.3) is 0 Å². The SMILES string of the molecule is C#CC(C)(C)NCCCF. The Balaban J connectivity index is 3.40. The van der Waals surface area contributed by atoms with Crippen molar-refractivity contribution in [2.24, 2.45) is 0 Å². The Kier molecular flexibility index (Phi) is 4.06. The minimum atomic E-state index is -0.296. The molecule has 58 valence electrons. The van der Waals surface area contributed by atoms with Gasteiger partial charge in [0.1, 0.15) is 0 Å². The van der Waals surface area contributed by atoms with Gasteiger partial charge in [0.05, 0.1) is 12.2 Å². The van der Waals surface area contributed by atoms with E-state index >= 15 is 0 Å². The molecule has 0 aromatic carbocycles. The molecule has 1 nitrogen and oxygen atoms in total. The average molecular weight is 143 g/mol. The quantitative estimate of drug-likeness (QED) is 0.462. The zero-order valence-corrected chi connectivity index (χ0v) is 6.58. The molecule has 1 N–H and O–H groups in total. The molecule has 0 aromatic rings. The van der Waals surface area contributed by atoms with Crippen molar-refractivity contribution in [3.8, 4) is 12.3 Å². The van der Waals surface area contributed by atoms with Crippen molar-refractivity contribution in [1.29, 1.82) is 0 Å². The molecule has 0 atom stereocenters. The molecule has 0 aliphatic heterocycles. The van der Waals surface area contributed by atoms with Crippen LogP contribution >= 0.6 is 0 Å². The number of rotatable bonds is 4. The van der Waals surface area contributed by atoms with Gasteiger partial charge in [-0.1, -0.05) is 5.92 Å². The van der Waals surface area contributed by atoms with Gasteiger partial charge in [0.15, 0.2) is 0 Å². The predicted molar refractivity (Wildman–Crippen MR) is 41.5 cm³/mol. The van der Waals surface area contributed by atoms with Gasteiger partial charge in [-0.2, -0.15) is 0 Å². The van der Waals surface area contributed by atoms with Crippen molar-refractivity contribution in [2.45, 2.75) is 25.8 Å². The van der Waals surface area contributed by atoms with Crippen LogP contribution in [0.15, 0.2) is 0 Å². The van der Waals surface area contributed by atoms with E-state index in [0.29, 0.717) is 13.0 Å². The van der Waals surface area contributed by atoms with E-state index < -0.39 is 0 Å². The third-order valence-corrected chi connectivity index (χ3v) is 1.24. The van der Waals surface area contributed by atoms with E-state index in [4.69, 9.17) is 6.42 Å². The fraction of sp³-hybridized carbons (Fsp3) is 0.750. The summed E-state index contributed by atoms with van der Waals surface area (Å²) in [5.41, 5.74) is -0.296. The Hall–Kier alpha value is -0.550. The molecule has 0 bridgehead atoms. The van der Waals surface area contributed by atoms with Crippen molar-refractivity contribution in [3.05, 3.63) is 0 Å². The van der Waals surface area contributed by atoms with Crippen LogP contribution in [0.4, 0.5) is 4.39 Å². The maximum atomic E-state index is 11.6. The number of halogens is 1. The molecule has 0 spiro atoms. The van der Waals surface area contributed by atoms with Gasteiger partial charge in [-0.05, 0) is 26.8 Å². The second-order valence-corrected chi connectivity index (χ2v) is 2.74. The number of alkyl halides is 1. The van der Waals surface area contributed by atoms with E-state index in [0.717, 1.165) is 0 Å². The van der Waals surface area contributed by atoms with Crippen LogP contribution in [0.5, 0.6) is 0 Å². The molecule has 0 rings (SSSR count). The minimum absolute atomic E-state index is 0.284. The monoisotopic (exact) mass is 143 g/mol. The topological polar surface area (TPSA) is 12.0 Å². The summed E-state index contributed by atoms with van der Waals surface area (Å²) in [5.74, 6) is 2.57. The second kappa shape index (κ2) is 4.29. The smallest absolute Gasteiger partial charge is 0.0906 e. The second-order valence-electron chi connectivity index (χ2n) is 2.74.